The molecule has 0 atom stereocenters. The highest BCUT2D eigenvalue weighted by molar-refractivity contribution is 8.07. The molecule has 10 heteroatoms. The Morgan fingerprint density at radius 2 is 2.00 bits per heavy atom. The number of nitrogens with zero attached hydrogens (tertiary/aromatic N) is 4. The highest BCUT2D eigenvalue weighted by Gasteiger charge is 2.30. The van der Waals surface area contributed by atoms with Gasteiger partial charge in [0.15, 0.2) is 5.03 Å². The van der Waals surface area contributed by atoms with Crippen LogP contribution in [0.4, 0.5) is 5.69 Å². The van der Waals surface area contributed by atoms with Gasteiger partial charge in [0.05, 0.1) is 5.69 Å². The van der Waals surface area contributed by atoms with E-state index in [0.29, 0.717) is 15.6 Å². The van der Waals surface area contributed by atoms with Gasteiger partial charge in [-0.1, -0.05) is 11.6 Å². The molecule has 0 fully saturated rings. The molecule has 116 valence electrons. The minimum Gasteiger partial charge on any atom is -0.277 e. The molecule has 1 N–H and O–H groups in total. The lowest BCUT2D eigenvalue weighted by molar-refractivity contribution is 0.605. The zero-order valence-electron chi connectivity index (χ0n) is 11.6. The number of nitrogens with one attached hydrogen (secondary N) is 1. The van der Waals surface area contributed by atoms with Crippen molar-refractivity contribution in [1.82, 2.24) is 4.37 Å². The second-order valence-electron chi connectivity index (χ2n) is 4.18. The average molecular weight is 366 g/mol. The molecule has 0 amide bonds. The van der Waals surface area contributed by atoms with Crippen molar-refractivity contribution in [1.29, 1.82) is 10.5 Å². The fourth-order valence-electron chi connectivity index (χ4n) is 1.54. The van der Waals surface area contributed by atoms with Gasteiger partial charge in [-0.05, 0) is 42.7 Å². The van der Waals surface area contributed by atoms with E-state index in [-0.39, 0.29) is 5.56 Å². The van der Waals surface area contributed by atoms with Crippen molar-refractivity contribution in [2.24, 2.45) is 5.10 Å². The summed E-state index contributed by atoms with van der Waals surface area (Å²) in [4.78, 5) is 0.453. The second-order valence-corrected chi connectivity index (χ2v) is 7.38. The highest BCUT2D eigenvalue weighted by atomic mass is 35.5. The Hall–Kier alpha value is -2.46. The third-order valence-corrected chi connectivity index (χ3v) is 5.29. The summed E-state index contributed by atoms with van der Waals surface area (Å²) in [6, 6.07) is 9.59. The first-order chi connectivity index (χ1) is 10.9. The molecule has 0 bridgehead atoms. The maximum Gasteiger partial charge on any atom is 0.258 e. The quantitative estimate of drug-likeness (QED) is 0.507. The van der Waals surface area contributed by atoms with Gasteiger partial charge < -0.3 is 0 Å². The SMILES string of the molecule is Cc1snc(S(=O)(=O)C(C#N)=NNc2ccc(Cl)cc2)c1C#N. The Labute approximate surface area is 141 Å². The smallest absolute Gasteiger partial charge is 0.258 e. The predicted molar refractivity (Wildman–Crippen MR) is 86.9 cm³/mol. The topological polar surface area (TPSA) is 119 Å². The summed E-state index contributed by atoms with van der Waals surface area (Å²) in [5, 5.41) is 21.0. The van der Waals surface area contributed by atoms with Crippen LogP contribution in [0.15, 0.2) is 34.4 Å². The van der Waals surface area contributed by atoms with E-state index < -0.39 is 19.9 Å². The van der Waals surface area contributed by atoms with Crippen molar-refractivity contribution in [2.75, 3.05) is 5.43 Å². The largest absolute Gasteiger partial charge is 0.277 e. The summed E-state index contributed by atoms with van der Waals surface area (Å²) in [5.74, 6) is 0. The number of aryl methyl sites for hydroxylation is 1. The Balaban J connectivity index is 2.40. The normalized spacial score (nSPS) is 11.6. The summed E-state index contributed by atoms with van der Waals surface area (Å²) in [6.45, 7) is 1.57. The molecule has 1 aromatic carbocycles. The van der Waals surface area contributed by atoms with Gasteiger partial charge in [0.1, 0.15) is 17.7 Å². The molecule has 0 aliphatic carbocycles. The van der Waals surface area contributed by atoms with Gasteiger partial charge in [-0.15, -0.1) is 0 Å². The van der Waals surface area contributed by atoms with E-state index >= 15 is 0 Å². The first kappa shape index (κ1) is 16.9. The van der Waals surface area contributed by atoms with Crippen LogP contribution in [0, 0.1) is 29.6 Å². The Morgan fingerprint density at radius 1 is 1.35 bits per heavy atom. The Bertz CT molecular complexity index is 950. The van der Waals surface area contributed by atoms with Crippen molar-refractivity contribution in [3.05, 3.63) is 39.7 Å². The van der Waals surface area contributed by atoms with Gasteiger partial charge in [0.2, 0.25) is 0 Å². The Kier molecular flexibility index (Phi) is 4.96. The number of sulfone groups is 1. The van der Waals surface area contributed by atoms with Crippen LogP contribution in [0.3, 0.4) is 0 Å². The molecular weight excluding hydrogens is 358 g/mol. The molecule has 0 spiro atoms. The van der Waals surface area contributed by atoms with Crippen LogP contribution < -0.4 is 5.43 Å². The first-order valence-corrected chi connectivity index (χ1v) is 8.64. The van der Waals surface area contributed by atoms with Gasteiger partial charge >= 0.3 is 0 Å². The van der Waals surface area contributed by atoms with E-state index in [2.05, 4.69) is 14.9 Å². The lowest BCUT2D eigenvalue weighted by Crippen LogP contribution is -2.16. The molecule has 0 saturated carbocycles. The molecule has 1 aromatic heterocycles. The van der Waals surface area contributed by atoms with E-state index in [1.54, 1.807) is 37.3 Å². The maximum atomic E-state index is 12.4. The molecule has 2 rings (SSSR count). The molecule has 7 nitrogen and oxygen atoms in total. The number of anilines is 1. The zero-order chi connectivity index (χ0) is 17.0. The minimum absolute atomic E-state index is 0.0792. The molecular formula is C13H8ClN5O2S2. The third-order valence-electron chi connectivity index (χ3n) is 2.68. The molecule has 0 saturated heterocycles. The van der Waals surface area contributed by atoms with Crippen LogP contribution in [0.2, 0.25) is 5.02 Å². The van der Waals surface area contributed by atoms with E-state index in [0.717, 1.165) is 11.5 Å². The third kappa shape index (κ3) is 3.48. The van der Waals surface area contributed by atoms with Crippen LogP contribution in [0.1, 0.15) is 10.4 Å². The van der Waals surface area contributed by atoms with Gasteiger partial charge in [-0.3, -0.25) is 5.43 Å². The number of aromatic nitrogens is 1. The number of hydrogen-bond acceptors (Lipinski definition) is 8. The van der Waals surface area contributed by atoms with Crippen LogP contribution in [-0.2, 0) is 9.84 Å². The number of nitriles is 2. The van der Waals surface area contributed by atoms with Crippen LogP contribution in [0.25, 0.3) is 0 Å². The maximum absolute atomic E-state index is 12.4. The van der Waals surface area contributed by atoms with E-state index in [1.165, 1.54) is 6.07 Å². The number of halogens is 1. The van der Waals surface area contributed by atoms with Gasteiger partial charge in [-0.25, -0.2) is 8.42 Å². The van der Waals surface area contributed by atoms with Crippen LogP contribution in [0.5, 0.6) is 0 Å². The molecule has 23 heavy (non-hydrogen) atoms. The Morgan fingerprint density at radius 3 is 2.57 bits per heavy atom. The highest BCUT2D eigenvalue weighted by Crippen LogP contribution is 2.23. The molecule has 2 aromatic rings. The first-order valence-electron chi connectivity index (χ1n) is 6.01. The molecule has 0 radical (unpaired) electrons. The second kappa shape index (κ2) is 6.75. The lowest BCUT2D eigenvalue weighted by Gasteiger charge is -2.02. The molecule has 0 unspecified atom stereocenters. The van der Waals surface area contributed by atoms with Gasteiger partial charge in [-0.2, -0.15) is 20.0 Å². The summed E-state index contributed by atoms with van der Waals surface area (Å²) in [7, 11) is -4.27. The fourth-order valence-corrected chi connectivity index (χ4v) is 3.71. The summed E-state index contributed by atoms with van der Waals surface area (Å²) < 4.78 is 28.6. The number of benzene rings is 1. The van der Waals surface area contributed by atoms with Gasteiger partial charge in [0, 0.05) is 9.90 Å². The monoisotopic (exact) mass is 365 g/mol. The molecule has 0 aliphatic heterocycles. The molecule has 0 aliphatic rings. The van der Waals surface area contributed by atoms with Crippen LogP contribution in [-0.4, -0.2) is 17.8 Å². The average Bonchev–Trinajstić information content (AvgIpc) is 2.91. The predicted octanol–water partition coefficient (Wildman–Crippen LogP) is 2.70. The van der Waals surface area contributed by atoms with Crippen molar-refractivity contribution < 1.29 is 8.42 Å². The van der Waals surface area contributed by atoms with Crippen molar-refractivity contribution >= 4 is 43.7 Å². The summed E-state index contributed by atoms with van der Waals surface area (Å²) in [6.07, 6.45) is 0. The van der Waals surface area contributed by atoms with E-state index in [1.807, 2.05) is 0 Å². The van der Waals surface area contributed by atoms with Gasteiger partial charge in [0.25, 0.3) is 14.9 Å². The summed E-state index contributed by atoms with van der Waals surface area (Å²) in [5.41, 5.74) is 2.84. The standard InChI is InChI=1S/C13H8ClN5O2S2/c1-8-11(6-15)13(19-22-8)23(20,21)12(7-16)18-17-10-4-2-9(14)3-5-10/h2-5,17H,1H3. The minimum atomic E-state index is -4.27. The zero-order valence-corrected chi connectivity index (χ0v) is 14.0. The van der Waals surface area contributed by atoms with E-state index in [4.69, 9.17) is 22.1 Å². The number of rotatable bonds is 3. The number of hydrogen-bond donors (Lipinski definition) is 1. The van der Waals surface area contributed by atoms with Crippen molar-refractivity contribution in [3.63, 3.8) is 0 Å². The molecule has 1 heterocycles. The van der Waals surface area contributed by atoms with Crippen molar-refractivity contribution in [2.45, 2.75) is 11.9 Å². The van der Waals surface area contributed by atoms with E-state index in [9.17, 15) is 8.42 Å². The summed E-state index contributed by atoms with van der Waals surface area (Å²) >= 11 is 6.62. The van der Waals surface area contributed by atoms with Crippen LogP contribution >= 0.6 is 23.1 Å². The fraction of sp³-hybridized carbons (Fsp3) is 0.0769. The van der Waals surface area contributed by atoms with Crippen molar-refractivity contribution in [3.8, 4) is 12.1 Å². The number of hydrazone groups is 1. The lowest BCUT2D eigenvalue weighted by atomic mass is 10.3.